The second-order valence-electron chi connectivity index (χ2n) is 7.34. The summed E-state index contributed by atoms with van der Waals surface area (Å²) in [5.41, 5.74) is 4.29. The van der Waals surface area contributed by atoms with Crippen LogP contribution in [0.5, 0.6) is 0 Å². The van der Waals surface area contributed by atoms with Gasteiger partial charge in [0.1, 0.15) is 11.5 Å². The molecule has 0 spiro atoms. The van der Waals surface area contributed by atoms with Crippen LogP contribution in [0.15, 0.2) is 46.7 Å². The Morgan fingerprint density at radius 1 is 1.14 bits per heavy atom. The Morgan fingerprint density at radius 3 is 2.54 bits per heavy atom. The van der Waals surface area contributed by atoms with Gasteiger partial charge in [0.2, 0.25) is 0 Å². The second-order valence-corrected chi connectivity index (χ2v) is 7.34. The monoisotopic (exact) mass is 381 g/mol. The molecule has 2 heterocycles. The van der Waals surface area contributed by atoms with E-state index in [0.29, 0.717) is 16.8 Å². The second kappa shape index (κ2) is 9.06. The standard InChI is InChI=1S/C22H28FN5/c1-16(2)18(14-24-4)15-27-10-12-28(13-11-27)22-21(25-8-9-26-22)19-7-5-6-17(3)20(19)23/h5-9,14H,10-13,15H2,1-4H3. The van der Waals surface area contributed by atoms with E-state index >= 15 is 0 Å². The van der Waals surface area contributed by atoms with Crippen LogP contribution in [0.3, 0.4) is 0 Å². The molecule has 0 bridgehead atoms. The molecule has 0 radical (unpaired) electrons. The predicted molar refractivity (Wildman–Crippen MR) is 114 cm³/mol. The molecule has 1 fully saturated rings. The van der Waals surface area contributed by atoms with E-state index < -0.39 is 0 Å². The first kappa shape index (κ1) is 20.1. The van der Waals surface area contributed by atoms with Crippen LogP contribution in [-0.4, -0.2) is 60.9 Å². The number of aryl methyl sites for hydroxylation is 1. The smallest absolute Gasteiger partial charge is 0.155 e. The van der Waals surface area contributed by atoms with Crippen LogP contribution in [0.1, 0.15) is 19.4 Å². The fourth-order valence-corrected chi connectivity index (χ4v) is 3.42. The topological polar surface area (TPSA) is 44.6 Å². The minimum Gasteiger partial charge on any atom is -0.352 e. The quantitative estimate of drug-likeness (QED) is 0.740. The van der Waals surface area contributed by atoms with Gasteiger partial charge in [-0.3, -0.25) is 14.9 Å². The Kier molecular flexibility index (Phi) is 6.52. The number of allylic oxidation sites excluding steroid dienone is 1. The molecule has 2 aromatic rings. The van der Waals surface area contributed by atoms with E-state index in [0.717, 1.165) is 38.5 Å². The Hall–Kier alpha value is -2.60. The van der Waals surface area contributed by atoms with Crippen molar-refractivity contribution < 1.29 is 4.39 Å². The molecule has 6 heteroatoms. The molecule has 0 aliphatic carbocycles. The molecule has 1 aliphatic rings. The summed E-state index contributed by atoms with van der Waals surface area (Å²) in [6.07, 6.45) is 5.25. The van der Waals surface area contributed by atoms with E-state index in [1.165, 1.54) is 11.1 Å². The van der Waals surface area contributed by atoms with Gasteiger partial charge in [-0.05, 0) is 38.0 Å². The highest BCUT2D eigenvalue weighted by molar-refractivity contribution is 5.80. The van der Waals surface area contributed by atoms with Crippen LogP contribution < -0.4 is 4.90 Å². The molecule has 1 saturated heterocycles. The number of anilines is 1. The highest BCUT2D eigenvalue weighted by Crippen LogP contribution is 2.30. The van der Waals surface area contributed by atoms with Gasteiger partial charge in [-0.25, -0.2) is 9.37 Å². The molecular formula is C22H28FN5. The number of halogens is 1. The first-order valence-corrected chi connectivity index (χ1v) is 9.63. The minimum atomic E-state index is -0.227. The van der Waals surface area contributed by atoms with Crippen molar-refractivity contribution in [3.8, 4) is 11.3 Å². The summed E-state index contributed by atoms with van der Waals surface area (Å²) < 4.78 is 14.7. The van der Waals surface area contributed by atoms with Crippen LogP contribution in [0.2, 0.25) is 0 Å². The van der Waals surface area contributed by atoms with Crippen molar-refractivity contribution >= 4 is 12.0 Å². The summed E-state index contributed by atoms with van der Waals surface area (Å²) in [7, 11) is 1.81. The van der Waals surface area contributed by atoms with Crippen molar-refractivity contribution in [1.29, 1.82) is 0 Å². The lowest BCUT2D eigenvalue weighted by atomic mass is 10.1. The van der Waals surface area contributed by atoms with Crippen molar-refractivity contribution in [1.82, 2.24) is 14.9 Å². The van der Waals surface area contributed by atoms with Gasteiger partial charge in [-0.15, -0.1) is 0 Å². The third-order valence-electron chi connectivity index (χ3n) is 5.12. The zero-order valence-corrected chi connectivity index (χ0v) is 17.1. The fourth-order valence-electron chi connectivity index (χ4n) is 3.42. The Morgan fingerprint density at radius 2 is 1.86 bits per heavy atom. The molecule has 0 saturated carbocycles. The average Bonchev–Trinajstić information content (AvgIpc) is 2.70. The third-order valence-corrected chi connectivity index (χ3v) is 5.12. The molecule has 1 aromatic carbocycles. The molecular weight excluding hydrogens is 353 g/mol. The summed E-state index contributed by atoms with van der Waals surface area (Å²) >= 11 is 0. The lowest BCUT2D eigenvalue weighted by Crippen LogP contribution is -2.47. The van der Waals surface area contributed by atoms with Crippen molar-refractivity contribution in [2.45, 2.75) is 20.8 Å². The molecule has 0 atom stereocenters. The number of hydrogen-bond donors (Lipinski definition) is 0. The highest BCUT2D eigenvalue weighted by Gasteiger charge is 2.23. The number of piperazine rings is 1. The summed E-state index contributed by atoms with van der Waals surface area (Å²) in [5.74, 6) is 0.527. The van der Waals surface area contributed by atoms with Crippen molar-refractivity contribution in [3.05, 3.63) is 53.1 Å². The first-order valence-electron chi connectivity index (χ1n) is 9.63. The van der Waals surface area contributed by atoms with Crippen LogP contribution in [0, 0.1) is 12.7 Å². The van der Waals surface area contributed by atoms with Crippen molar-refractivity contribution in [2.24, 2.45) is 4.99 Å². The maximum absolute atomic E-state index is 14.7. The third kappa shape index (κ3) is 4.44. The maximum atomic E-state index is 14.7. The van der Waals surface area contributed by atoms with E-state index in [2.05, 4.69) is 38.6 Å². The van der Waals surface area contributed by atoms with Crippen LogP contribution in [-0.2, 0) is 0 Å². The lowest BCUT2D eigenvalue weighted by molar-refractivity contribution is 0.280. The number of aliphatic imine (C=N–C) groups is 1. The number of nitrogens with zero attached hydrogens (tertiary/aromatic N) is 5. The highest BCUT2D eigenvalue weighted by atomic mass is 19.1. The molecule has 0 amide bonds. The van der Waals surface area contributed by atoms with Gasteiger partial charge in [0.05, 0.1) is 0 Å². The number of rotatable bonds is 5. The first-order chi connectivity index (χ1) is 13.5. The molecule has 5 nitrogen and oxygen atoms in total. The van der Waals surface area contributed by atoms with Crippen LogP contribution in [0.4, 0.5) is 10.2 Å². The van der Waals surface area contributed by atoms with Gasteiger partial charge < -0.3 is 4.90 Å². The zero-order valence-electron chi connectivity index (χ0n) is 17.1. The molecule has 148 valence electrons. The Labute approximate surface area is 166 Å². The van der Waals surface area contributed by atoms with Crippen molar-refractivity contribution in [3.63, 3.8) is 0 Å². The molecule has 1 aliphatic heterocycles. The average molecular weight is 381 g/mol. The van der Waals surface area contributed by atoms with Crippen molar-refractivity contribution in [2.75, 3.05) is 44.7 Å². The van der Waals surface area contributed by atoms with Gasteiger partial charge in [0.25, 0.3) is 0 Å². The van der Waals surface area contributed by atoms with E-state index in [-0.39, 0.29) is 5.82 Å². The van der Waals surface area contributed by atoms with Gasteiger partial charge in [-0.2, -0.15) is 0 Å². The van der Waals surface area contributed by atoms with Gasteiger partial charge >= 0.3 is 0 Å². The number of hydrogen-bond acceptors (Lipinski definition) is 5. The van der Waals surface area contributed by atoms with E-state index in [1.54, 1.807) is 38.5 Å². The molecule has 3 rings (SSSR count). The van der Waals surface area contributed by atoms with E-state index in [9.17, 15) is 4.39 Å². The van der Waals surface area contributed by atoms with Gasteiger partial charge in [0.15, 0.2) is 5.82 Å². The van der Waals surface area contributed by atoms with Crippen LogP contribution in [0.25, 0.3) is 11.3 Å². The SMILES string of the molecule is CN=CC(CN1CCN(c2nccnc2-c2cccc(C)c2F)CC1)=C(C)C. The zero-order chi connectivity index (χ0) is 20.1. The van der Waals surface area contributed by atoms with E-state index in [1.807, 2.05) is 12.3 Å². The van der Waals surface area contributed by atoms with E-state index in [4.69, 9.17) is 0 Å². The maximum Gasteiger partial charge on any atom is 0.155 e. The summed E-state index contributed by atoms with van der Waals surface area (Å²) in [5, 5.41) is 0. The predicted octanol–water partition coefficient (Wildman–Crippen LogP) is 3.75. The lowest BCUT2D eigenvalue weighted by Gasteiger charge is -2.36. The largest absolute Gasteiger partial charge is 0.352 e. The van der Waals surface area contributed by atoms with Gasteiger partial charge in [-0.1, -0.05) is 17.7 Å². The van der Waals surface area contributed by atoms with Crippen LogP contribution >= 0.6 is 0 Å². The fraction of sp³-hybridized carbons (Fsp3) is 0.409. The Bertz CT molecular complexity index is 878. The summed E-state index contributed by atoms with van der Waals surface area (Å²) in [6, 6.07) is 5.41. The molecule has 1 aromatic heterocycles. The van der Waals surface area contributed by atoms with Gasteiger partial charge in [0, 0.05) is 63.9 Å². The molecule has 0 N–H and O–H groups in total. The Balaban J connectivity index is 1.77. The molecule has 28 heavy (non-hydrogen) atoms. The normalized spacial score (nSPS) is 15.2. The molecule has 0 unspecified atom stereocenters. The minimum absolute atomic E-state index is 0.227. The summed E-state index contributed by atoms with van der Waals surface area (Å²) in [4.78, 5) is 17.8. The number of benzene rings is 1. The summed E-state index contributed by atoms with van der Waals surface area (Å²) in [6.45, 7) is 10.4. The number of aromatic nitrogens is 2.